The van der Waals surface area contributed by atoms with Crippen LogP contribution in [-0.2, 0) is 0 Å². The van der Waals surface area contributed by atoms with Crippen molar-refractivity contribution in [3.8, 4) is 0 Å². The minimum Gasteiger partial charge on any atom is -0.345 e. The van der Waals surface area contributed by atoms with Crippen molar-refractivity contribution in [3.05, 3.63) is 48.5 Å². The Labute approximate surface area is 137 Å². The van der Waals surface area contributed by atoms with Crippen LogP contribution < -0.4 is 5.32 Å². The largest absolute Gasteiger partial charge is 0.345 e. The molecule has 0 aliphatic carbocycles. The maximum absolute atomic E-state index is 12.4. The van der Waals surface area contributed by atoms with Crippen molar-refractivity contribution in [2.75, 3.05) is 5.32 Å². The summed E-state index contributed by atoms with van der Waals surface area (Å²) in [6, 6.07) is 7.45. The zero-order chi connectivity index (χ0) is 16.7. The van der Waals surface area contributed by atoms with Crippen LogP contribution in [0.2, 0.25) is 0 Å². The van der Waals surface area contributed by atoms with Crippen molar-refractivity contribution in [2.24, 2.45) is 0 Å². The zero-order valence-electron chi connectivity index (χ0n) is 13.3. The van der Waals surface area contributed by atoms with E-state index in [0.717, 1.165) is 22.1 Å². The topological polar surface area (TPSA) is 88.5 Å². The first kappa shape index (κ1) is 14.4. The number of pyridine rings is 1. The summed E-state index contributed by atoms with van der Waals surface area (Å²) in [5.41, 5.74) is 3.66. The van der Waals surface area contributed by atoms with Crippen LogP contribution in [0.5, 0.6) is 0 Å². The van der Waals surface area contributed by atoms with Gasteiger partial charge in [-0.1, -0.05) is 0 Å². The summed E-state index contributed by atoms with van der Waals surface area (Å²) in [6.07, 6.45) is 5.01. The molecule has 24 heavy (non-hydrogen) atoms. The number of fused-ring (bicyclic) bond motifs is 2. The Morgan fingerprint density at radius 1 is 1.21 bits per heavy atom. The van der Waals surface area contributed by atoms with Crippen LogP contribution >= 0.6 is 0 Å². The fourth-order valence-corrected chi connectivity index (χ4v) is 2.67. The van der Waals surface area contributed by atoms with E-state index in [1.54, 1.807) is 30.9 Å². The van der Waals surface area contributed by atoms with Crippen molar-refractivity contribution >= 4 is 33.7 Å². The van der Waals surface area contributed by atoms with E-state index in [1.165, 1.54) is 0 Å². The van der Waals surface area contributed by atoms with Gasteiger partial charge >= 0.3 is 0 Å². The quantitative estimate of drug-likeness (QED) is 0.607. The van der Waals surface area contributed by atoms with Gasteiger partial charge in [-0.25, -0.2) is 14.6 Å². The third-order valence-corrected chi connectivity index (χ3v) is 3.86. The highest BCUT2D eigenvalue weighted by Gasteiger charge is 2.11. The highest BCUT2D eigenvalue weighted by Crippen LogP contribution is 2.20. The van der Waals surface area contributed by atoms with Crippen molar-refractivity contribution < 1.29 is 4.79 Å². The van der Waals surface area contributed by atoms with Gasteiger partial charge in [0.1, 0.15) is 0 Å². The fraction of sp³-hybridized carbons (Fsp3) is 0.176. The molecule has 120 valence electrons. The van der Waals surface area contributed by atoms with Crippen LogP contribution in [0.4, 0.5) is 5.69 Å². The molecule has 0 saturated carbocycles. The molecule has 3 heterocycles. The standard InChI is InChI=1S/C17H16N6O/c1-10(2)23-16-12(7-21-23)5-13(8-18-16)22-17(24)11-3-4-14-15(6-11)20-9-19-14/h3-10H,1-2H3,(H,19,20)(H,22,24). The summed E-state index contributed by atoms with van der Waals surface area (Å²) in [6.45, 7) is 4.10. The smallest absolute Gasteiger partial charge is 0.255 e. The zero-order valence-corrected chi connectivity index (χ0v) is 13.3. The van der Waals surface area contributed by atoms with Gasteiger partial charge in [-0.15, -0.1) is 0 Å². The van der Waals surface area contributed by atoms with Crippen LogP contribution in [0.25, 0.3) is 22.1 Å². The van der Waals surface area contributed by atoms with E-state index in [2.05, 4.69) is 39.2 Å². The predicted molar refractivity (Wildman–Crippen MR) is 92.0 cm³/mol. The molecule has 0 aliphatic rings. The molecule has 0 radical (unpaired) electrons. The third-order valence-electron chi connectivity index (χ3n) is 3.86. The van der Waals surface area contributed by atoms with Crippen LogP contribution in [-0.4, -0.2) is 30.6 Å². The normalized spacial score (nSPS) is 11.5. The fourth-order valence-electron chi connectivity index (χ4n) is 2.67. The number of rotatable bonds is 3. The molecule has 1 aromatic carbocycles. The average Bonchev–Trinajstić information content (AvgIpc) is 3.20. The number of hydrogen-bond acceptors (Lipinski definition) is 4. The molecular formula is C17H16N6O. The number of imidazole rings is 1. The van der Waals surface area contributed by atoms with Gasteiger partial charge in [-0.2, -0.15) is 5.10 Å². The van der Waals surface area contributed by atoms with Gasteiger partial charge < -0.3 is 10.3 Å². The number of carbonyl (C=O) groups excluding carboxylic acids is 1. The molecule has 0 atom stereocenters. The lowest BCUT2D eigenvalue weighted by Crippen LogP contribution is -2.12. The van der Waals surface area contributed by atoms with E-state index in [4.69, 9.17) is 0 Å². The second kappa shape index (κ2) is 5.45. The number of anilines is 1. The average molecular weight is 320 g/mol. The van der Waals surface area contributed by atoms with Crippen LogP contribution in [0, 0.1) is 0 Å². The Balaban J connectivity index is 1.62. The van der Waals surface area contributed by atoms with Gasteiger partial charge in [0, 0.05) is 17.0 Å². The number of H-pyrrole nitrogens is 1. The molecule has 2 N–H and O–H groups in total. The first-order valence-electron chi connectivity index (χ1n) is 7.69. The van der Waals surface area contributed by atoms with Gasteiger partial charge in [-0.05, 0) is 38.1 Å². The molecule has 0 aliphatic heterocycles. The first-order valence-corrected chi connectivity index (χ1v) is 7.69. The summed E-state index contributed by atoms with van der Waals surface area (Å²) in [5, 5.41) is 8.10. The second-order valence-corrected chi connectivity index (χ2v) is 5.91. The van der Waals surface area contributed by atoms with Gasteiger partial charge in [0.15, 0.2) is 5.65 Å². The summed E-state index contributed by atoms with van der Waals surface area (Å²) < 4.78 is 1.85. The van der Waals surface area contributed by atoms with Crippen LogP contribution in [0.3, 0.4) is 0 Å². The van der Waals surface area contributed by atoms with Crippen molar-refractivity contribution in [1.82, 2.24) is 24.7 Å². The Morgan fingerprint density at radius 3 is 2.92 bits per heavy atom. The summed E-state index contributed by atoms with van der Waals surface area (Å²) >= 11 is 0. The number of carbonyl (C=O) groups is 1. The minimum absolute atomic E-state index is 0.191. The lowest BCUT2D eigenvalue weighted by atomic mass is 10.2. The Hall–Kier alpha value is -3.22. The number of benzene rings is 1. The van der Waals surface area contributed by atoms with Crippen molar-refractivity contribution in [1.29, 1.82) is 0 Å². The predicted octanol–water partition coefficient (Wildman–Crippen LogP) is 3.14. The number of aromatic amines is 1. The Morgan fingerprint density at radius 2 is 2.08 bits per heavy atom. The highest BCUT2D eigenvalue weighted by molar-refractivity contribution is 6.06. The van der Waals surface area contributed by atoms with Gasteiger partial charge in [-0.3, -0.25) is 4.79 Å². The number of nitrogens with zero attached hydrogens (tertiary/aromatic N) is 4. The third kappa shape index (κ3) is 2.40. The van der Waals surface area contributed by atoms with Crippen molar-refractivity contribution in [2.45, 2.75) is 19.9 Å². The number of amides is 1. The van der Waals surface area contributed by atoms with Crippen molar-refractivity contribution in [3.63, 3.8) is 0 Å². The summed E-state index contributed by atoms with van der Waals surface area (Å²) in [4.78, 5) is 24.0. The van der Waals surface area contributed by atoms with E-state index in [0.29, 0.717) is 11.3 Å². The molecule has 0 spiro atoms. The lowest BCUT2D eigenvalue weighted by Gasteiger charge is -2.07. The Bertz CT molecular complexity index is 1050. The molecule has 7 heteroatoms. The Kier molecular flexibility index (Phi) is 3.26. The molecule has 4 rings (SSSR count). The molecule has 0 fully saturated rings. The van der Waals surface area contributed by atoms with Crippen LogP contribution in [0.15, 0.2) is 43.0 Å². The molecule has 0 unspecified atom stereocenters. The molecule has 1 amide bonds. The molecule has 0 saturated heterocycles. The van der Waals surface area contributed by atoms with E-state index in [-0.39, 0.29) is 11.9 Å². The lowest BCUT2D eigenvalue weighted by molar-refractivity contribution is 0.102. The SMILES string of the molecule is CC(C)n1ncc2cc(NC(=O)c3ccc4nc[nH]c4c3)cnc21. The summed E-state index contributed by atoms with van der Waals surface area (Å²) in [5.74, 6) is -0.191. The minimum atomic E-state index is -0.191. The van der Waals surface area contributed by atoms with Crippen LogP contribution in [0.1, 0.15) is 30.2 Å². The summed E-state index contributed by atoms with van der Waals surface area (Å²) in [7, 11) is 0. The maximum Gasteiger partial charge on any atom is 0.255 e. The van der Waals surface area contributed by atoms with Gasteiger partial charge in [0.05, 0.1) is 35.4 Å². The van der Waals surface area contributed by atoms with E-state index in [1.807, 2.05) is 16.8 Å². The number of hydrogen-bond donors (Lipinski definition) is 2. The number of nitrogens with one attached hydrogen (secondary N) is 2. The molecule has 0 bridgehead atoms. The second-order valence-electron chi connectivity index (χ2n) is 5.91. The van der Waals surface area contributed by atoms with Gasteiger partial charge in [0.25, 0.3) is 5.91 Å². The number of aromatic nitrogens is 5. The maximum atomic E-state index is 12.4. The molecule has 4 aromatic rings. The van der Waals surface area contributed by atoms with E-state index < -0.39 is 0 Å². The molecule has 3 aromatic heterocycles. The molecule has 7 nitrogen and oxygen atoms in total. The van der Waals surface area contributed by atoms with Gasteiger partial charge in [0.2, 0.25) is 0 Å². The monoisotopic (exact) mass is 320 g/mol. The van der Waals surface area contributed by atoms with E-state index in [9.17, 15) is 4.79 Å². The highest BCUT2D eigenvalue weighted by atomic mass is 16.1. The first-order chi connectivity index (χ1) is 11.6. The van der Waals surface area contributed by atoms with E-state index >= 15 is 0 Å². The molecular weight excluding hydrogens is 304 g/mol.